The lowest BCUT2D eigenvalue weighted by Crippen LogP contribution is -2.14. The van der Waals surface area contributed by atoms with Crippen LogP contribution in [0.15, 0.2) is 24.8 Å². The molecule has 0 unspecified atom stereocenters. The Balaban J connectivity index is 2.47. The summed E-state index contributed by atoms with van der Waals surface area (Å²) in [5.41, 5.74) is 0.0884. The Hall–Kier alpha value is -1.59. The Kier molecular flexibility index (Phi) is 6.18. The molecule has 0 fully saturated rings. The van der Waals surface area contributed by atoms with Gasteiger partial charge >= 0.3 is 5.97 Å². The lowest BCUT2D eigenvalue weighted by atomic mass is 10.2. The van der Waals surface area contributed by atoms with Crippen LogP contribution in [0.2, 0.25) is 5.15 Å². The van der Waals surface area contributed by atoms with Crippen LogP contribution in [0.5, 0.6) is 0 Å². The van der Waals surface area contributed by atoms with Crippen molar-refractivity contribution < 1.29 is 14.6 Å². The van der Waals surface area contributed by atoms with Crippen LogP contribution in [0.3, 0.4) is 0 Å². The minimum absolute atomic E-state index is 0.0884. The third-order valence-electron chi connectivity index (χ3n) is 2.10. The van der Waals surface area contributed by atoms with E-state index in [0.717, 1.165) is 6.42 Å². The number of hydrogen-bond donors (Lipinski definition) is 2. The van der Waals surface area contributed by atoms with Gasteiger partial charge in [-0.3, -0.25) is 0 Å². The summed E-state index contributed by atoms with van der Waals surface area (Å²) in [4.78, 5) is 14.9. The average molecular weight is 271 g/mol. The van der Waals surface area contributed by atoms with E-state index in [4.69, 9.17) is 21.4 Å². The van der Waals surface area contributed by atoms with Gasteiger partial charge in [0.1, 0.15) is 16.5 Å². The van der Waals surface area contributed by atoms with Crippen molar-refractivity contribution in [3.05, 3.63) is 35.5 Å². The highest BCUT2D eigenvalue weighted by molar-refractivity contribution is 6.29. The molecular formula is C12H15ClN2O3. The zero-order valence-corrected chi connectivity index (χ0v) is 10.6. The van der Waals surface area contributed by atoms with Gasteiger partial charge in [0.15, 0.2) is 0 Å². The first kappa shape index (κ1) is 14.5. The summed E-state index contributed by atoms with van der Waals surface area (Å²) >= 11 is 5.72. The fourth-order valence-electron chi connectivity index (χ4n) is 1.25. The predicted octanol–water partition coefficient (Wildman–Crippen LogP) is 2.44. The Morgan fingerprint density at radius 1 is 1.56 bits per heavy atom. The van der Waals surface area contributed by atoms with Crippen molar-refractivity contribution in [2.75, 3.05) is 25.1 Å². The summed E-state index contributed by atoms with van der Waals surface area (Å²) in [6, 6.07) is 2.86. The van der Waals surface area contributed by atoms with Gasteiger partial charge in [-0.05, 0) is 18.6 Å². The molecule has 98 valence electrons. The number of anilines is 1. The minimum atomic E-state index is -1.05. The Bertz CT molecular complexity index is 424. The molecule has 0 radical (unpaired) electrons. The number of carbonyl (C=O) groups is 1. The summed E-state index contributed by atoms with van der Waals surface area (Å²) in [6.07, 6.45) is 2.56. The first-order valence-corrected chi connectivity index (χ1v) is 5.85. The van der Waals surface area contributed by atoms with Crippen molar-refractivity contribution in [3.8, 4) is 0 Å². The van der Waals surface area contributed by atoms with Crippen LogP contribution < -0.4 is 5.32 Å². The first-order valence-electron chi connectivity index (χ1n) is 5.47. The van der Waals surface area contributed by atoms with Gasteiger partial charge in [0.25, 0.3) is 0 Å². The van der Waals surface area contributed by atoms with Gasteiger partial charge in [-0.1, -0.05) is 17.7 Å². The van der Waals surface area contributed by atoms with Crippen LogP contribution in [0.4, 0.5) is 5.82 Å². The van der Waals surface area contributed by atoms with Crippen molar-refractivity contribution in [2.45, 2.75) is 6.42 Å². The molecule has 1 rings (SSSR count). The van der Waals surface area contributed by atoms with Gasteiger partial charge in [0.2, 0.25) is 0 Å². The van der Waals surface area contributed by atoms with Gasteiger partial charge in [0.05, 0.1) is 13.2 Å². The first-order chi connectivity index (χ1) is 8.65. The Morgan fingerprint density at radius 3 is 3.00 bits per heavy atom. The maximum absolute atomic E-state index is 10.9. The van der Waals surface area contributed by atoms with Gasteiger partial charge in [-0.25, -0.2) is 9.78 Å². The van der Waals surface area contributed by atoms with E-state index >= 15 is 0 Å². The molecule has 0 amide bonds. The van der Waals surface area contributed by atoms with Gasteiger partial charge in [-0.15, -0.1) is 6.58 Å². The highest BCUT2D eigenvalue weighted by atomic mass is 35.5. The molecule has 0 aliphatic rings. The highest BCUT2D eigenvalue weighted by Gasteiger charge is 2.11. The van der Waals surface area contributed by atoms with Crippen molar-refractivity contribution in [2.24, 2.45) is 0 Å². The molecule has 1 aromatic heterocycles. The molecule has 0 aliphatic heterocycles. The van der Waals surface area contributed by atoms with E-state index in [0.29, 0.717) is 19.8 Å². The van der Waals surface area contributed by atoms with Crippen molar-refractivity contribution in [1.29, 1.82) is 0 Å². The van der Waals surface area contributed by atoms with E-state index in [-0.39, 0.29) is 16.5 Å². The molecule has 0 atom stereocenters. The molecule has 0 saturated carbocycles. The summed E-state index contributed by atoms with van der Waals surface area (Å²) < 4.78 is 5.28. The van der Waals surface area contributed by atoms with Crippen LogP contribution in [0.1, 0.15) is 16.8 Å². The number of carboxylic acid groups (broad SMARTS) is 1. The van der Waals surface area contributed by atoms with Crippen molar-refractivity contribution in [1.82, 2.24) is 4.98 Å². The minimum Gasteiger partial charge on any atom is -0.478 e. The number of ether oxygens (including phenoxy) is 1. The SMILES string of the molecule is C=CCCOCCNc1nc(Cl)ccc1C(=O)O. The summed E-state index contributed by atoms with van der Waals surface area (Å²) in [6.45, 7) is 5.10. The van der Waals surface area contributed by atoms with Crippen LogP contribution in [0.25, 0.3) is 0 Å². The van der Waals surface area contributed by atoms with E-state index in [1.807, 2.05) is 0 Å². The number of nitrogens with zero attached hydrogens (tertiary/aromatic N) is 1. The van der Waals surface area contributed by atoms with Crippen molar-refractivity contribution >= 4 is 23.4 Å². The van der Waals surface area contributed by atoms with Crippen LogP contribution in [-0.4, -0.2) is 35.8 Å². The van der Waals surface area contributed by atoms with Gasteiger partial charge in [0, 0.05) is 6.54 Å². The second kappa shape index (κ2) is 7.68. The lowest BCUT2D eigenvalue weighted by Gasteiger charge is -2.09. The van der Waals surface area contributed by atoms with E-state index in [2.05, 4.69) is 16.9 Å². The quantitative estimate of drug-likeness (QED) is 0.431. The molecule has 1 aromatic rings. The molecule has 5 nitrogen and oxygen atoms in total. The highest BCUT2D eigenvalue weighted by Crippen LogP contribution is 2.16. The maximum atomic E-state index is 10.9. The van der Waals surface area contributed by atoms with Crippen molar-refractivity contribution in [3.63, 3.8) is 0 Å². The molecule has 0 saturated heterocycles. The monoisotopic (exact) mass is 270 g/mol. The van der Waals surface area contributed by atoms with E-state index in [1.54, 1.807) is 6.08 Å². The number of hydrogen-bond acceptors (Lipinski definition) is 4. The molecule has 0 spiro atoms. The topological polar surface area (TPSA) is 71.5 Å². The van der Waals surface area contributed by atoms with E-state index in [1.165, 1.54) is 12.1 Å². The molecule has 1 heterocycles. The summed E-state index contributed by atoms with van der Waals surface area (Å²) in [5, 5.41) is 12.1. The van der Waals surface area contributed by atoms with Gasteiger partial charge in [-0.2, -0.15) is 0 Å². The second-order valence-corrected chi connectivity index (χ2v) is 3.84. The van der Waals surface area contributed by atoms with Crippen LogP contribution in [0, 0.1) is 0 Å². The molecule has 0 aromatic carbocycles. The summed E-state index contributed by atoms with van der Waals surface area (Å²) in [5.74, 6) is -0.795. The summed E-state index contributed by atoms with van der Waals surface area (Å²) in [7, 11) is 0. The third-order valence-corrected chi connectivity index (χ3v) is 2.31. The molecule has 2 N–H and O–H groups in total. The predicted molar refractivity (Wildman–Crippen MR) is 70.3 cm³/mol. The molecular weight excluding hydrogens is 256 g/mol. The number of rotatable bonds is 8. The Morgan fingerprint density at radius 2 is 2.33 bits per heavy atom. The lowest BCUT2D eigenvalue weighted by molar-refractivity contribution is 0.0697. The molecule has 18 heavy (non-hydrogen) atoms. The molecule has 6 heteroatoms. The Labute approximate surface area is 110 Å². The number of aromatic carboxylic acids is 1. The standard InChI is InChI=1S/C12H15ClN2O3/c1-2-3-7-18-8-6-14-11-9(12(16)17)4-5-10(13)15-11/h2,4-5H,1,3,6-8H2,(H,14,15)(H,16,17). The zero-order chi connectivity index (χ0) is 13.4. The van der Waals surface area contributed by atoms with Gasteiger partial charge < -0.3 is 15.2 Å². The fourth-order valence-corrected chi connectivity index (χ4v) is 1.40. The smallest absolute Gasteiger partial charge is 0.339 e. The van der Waals surface area contributed by atoms with Crippen LogP contribution in [-0.2, 0) is 4.74 Å². The van der Waals surface area contributed by atoms with E-state index < -0.39 is 5.97 Å². The number of nitrogens with one attached hydrogen (secondary N) is 1. The third kappa shape index (κ3) is 4.73. The largest absolute Gasteiger partial charge is 0.478 e. The van der Waals surface area contributed by atoms with Crippen LogP contribution >= 0.6 is 11.6 Å². The zero-order valence-electron chi connectivity index (χ0n) is 9.86. The molecule has 0 aliphatic carbocycles. The number of carboxylic acids is 1. The van der Waals surface area contributed by atoms with E-state index in [9.17, 15) is 4.79 Å². The number of halogens is 1. The normalized spacial score (nSPS) is 10.1. The average Bonchev–Trinajstić information content (AvgIpc) is 2.33. The second-order valence-electron chi connectivity index (χ2n) is 3.45. The maximum Gasteiger partial charge on any atom is 0.339 e. The molecule has 0 bridgehead atoms. The fraction of sp³-hybridized carbons (Fsp3) is 0.333. The number of pyridine rings is 1. The number of aromatic nitrogens is 1.